The van der Waals surface area contributed by atoms with Crippen molar-refractivity contribution < 1.29 is 4.74 Å². The van der Waals surface area contributed by atoms with E-state index in [-0.39, 0.29) is 0 Å². The second-order valence-corrected chi connectivity index (χ2v) is 5.65. The van der Waals surface area contributed by atoms with Crippen molar-refractivity contribution in [3.05, 3.63) is 29.8 Å². The second kappa shape index (κ2) is 8.71. The minimum Gasteiger partial charge on any atom is -0.492 e. The predicted octanol–water partition coefficient (Wildman–Crippen LogP) is 2.64. The molecule has 0 unspecified atom stereocenters. The Kier molecular flexibility index (Phi) is 6.59. The zero-order chi connectivity index (χ0) is 14.9. The number of benzene rings is 1. The van der Waals surface area contributed by atoms with Crippen molar-refractivity contribution >= 4 is 0 Å². The van der Waals surface area contributed by atoms with E-state index in [0.717, 1.165) is 30.5 Å². The number of nitrogens with zero attached hydrogens (tertiary/aromatic N) is 1. The average Bonchev–Trinajstić information content (AvgIpc) is 2.55. The minimum absolute atomic E-state index is 0.395. The first kappa shape index (κ1) is 15.9. The SMILES string of the molecule is CN(CCOc1ccc(C#CCN)cc1)C1CCCCC1. The van der Waals surface area contributed by atoms with Gasteiger partial charge in [-0.15, -0.1) is 0 Å². The van der Waals surface area contributed by atoms with Gasteiger partial charge in [0.1, 0.15) is 12.4 Å². The number of rotatable bonds is 5. The quantitative estimate of drug-likeness (QED) is 0.846. The summed E-state index contributed by atoms with van der Waals surface area (Å²) in [5, 5.41) is 0. The van der Waals surface area contributed by atoms with E-state index in [9.17, 15) is 0 Å². The molecule has 1 aromatic carbocycles. The van der Waals surface area contributed by atoms with Crippen molar-refractivity contribution in [2.45, 2.75) is 38.1 Å². The largest absolute Gasteiger partial charge is 0.492 e. The van der Waals surface area contributed by atoms with Crippen LogP contribution in [0.2, 0.25) is 0 Å². The Bertz CT molecular complexity index is 466. The molecule has 1 aliphatic rings. The van der Waals surface area contributed by atoms with Gasteiger partial charge in [-0.2, -0.15) is 0 Å². The highest BCUT2D eigenvalue weighted by molar-refractivity contribution is 5.38. The number of hydrogen-bond donors (Lipinski definition) is 1. The molecule has 0 aliphatic heterocycles. The molecule has 1 aromatic rings. The molecule has 0 aromatic heterocycles. The fourth-order valence-electron chi connectivity index (χ4n) is 2.80. The number of nitrogens with two attached hydrogens (primary N) is 1. The molecule has 1 aliphatic carbocycles. The van der Waals surface area contributed by atoms with Crippen LogP contribution in [0.3, 0.4) is 0 Å². The lowest BCUT2D eigenvalue weighted by Crippen LogP contribution is -2.36. The van der Waals surface area contributed by atoms with Gasteiger partial charge in [0.15, 0.2) is 0 Å². The summed E-state index contributed by atoms with van der Waals surface area (Å²) < 4.78 is 5.81. The highest BCUT2D eigenvalue weighted by Crippen LogP contribution is 2.21. The molecule has 21 heavy (non-hydrogen) atoms. The van der Waals surface area contributed by atoms with E-state index < -0.39 is 0 Å². The molecule has 0 heterocycles. The van der Waals surface area contributed by atoms with Crippen LogP contribution in [-0.2, 0) is 0 Å². The molecule has 114 valence electrons. The van der Waals surface area contributed by atoms with Crippen LogP contribution in [0.15, 0.2) is 24.3 Å². The maximum atomic E-state index is 5.81. The van der Waals surface area contributed by atoms with Gasteiger partial charge in [0.2, 0.25) is 0 Å². The number of hydrogen-bond acceptors (Lipinski definition) is 3. The monoisotopic (exact) mass is 286 g/mol. The lowest BCUT2D eigenvalue weighted by atomic mass is 9.94. The molecule has 0 radical (unpaired) electrons. The Balaban J connectivity index is 1.72. The maximum absolute atomic E-state index is 5.81. The molecule has 2 N–H and O–H groups in total. The maximum Gasteiger partial charge on any atom is 0.119 e. The summed E-state index contributed by atoms with van der Waals surface area (Å²) in [6, 6.07) is 8.64. The van der Waals surface area contributed by atoms with Crippen molar-refractivity contribution in [3.63, 3.8) is 0 Å². The van der Waals surface area contributed by atoms with E-state index >= 15 is 0 Å². The van der Waals surface area contributed by atoms with E-state index in [0.29, 0.717) is 6.54 Å². The molecule has 3 nitrogen and oxygen atoms in total. The normalized spacial score (nSPS) is 15.6. The van der Waals surface area contributed by atoms with Gasteiger partial charge in [0, 0.05) is 18.2 Å². The van der Waals surface area contributed by atoms with Crippen LogP contribution < -0.4 is 10.5 Å². The van der Waals surface area contributed by atoms with E-state index in [1.807, 2.05) is 24.3 Å². The zero-order valence-electron chi connectivity index (χ0n) is 13.0. The molecular formula is C18H26N2O. The average molecular weight is 286 g/mol. The summed E-state index contributed by atoms with van der Waals surface area (Å²) >= 11 is 0. The summed E-state index contributed by atoms with van der Waals surface area (Å²) in [6.45, 7) is 2.12. The fraction of sp³-hybridized carbons (Fsp3) is 0.556. The van der Waals surface area contributed by atoms with Crippen LogP contribution in [0, 0.1) is 11.8 Å². The van der Waals surface area contributed by atoms with E-state index in [4.69, 9.17) is 10.5 Å². The molecule has 0 saturated heterocycles. The van der Waals surface area contributed by atoms with Crippen LogP contribution in [0.5, 0.6) is 5.75 Å². The molecule has 0 amide bonds. The van der Waals surface area contributed by atoms with E-state index in [1.54, 1.807) is 0 Å². The third-order valence-corrected chi connectivity index (χ3v) is 4.10. The third kappa shape index (κ3) is 5.41. The molecule has 0 atom stereocenters. The van der Waals surface area contributed by atoms with Gasteiger partial charge < -0.3 is 15.4 Å². The first-order chi connectivity index (χ1) is 10.3. The van der Waals surface area contributed by atoms with Gasteiger partial charge >= 0.3 is 0 Å². The summed E-state index contributed by atoms with van der Waals surface area (Å²) in [5.41, 5.74) is 6.34. The van der Waals surface area contributed by atoms with Gasteiger partial charge in [-0.3, -0.25) is 0 Å². The highest BCUT2D eigenvalue weighted by Gasteiger charge is 2.17. The van der Waals surface area contributed by atoms with Gasteiger partial charge in [0.05, 0.1) is 6.54 Å². The third-order valence-electron chi connectivity index (χ3n) is 4.10. The smallest absolute Gasteiger partial charge is 0.119 e. The Morgan fingerprint density at radius 3 is 2.57 bits per heavy atom. The van der Waals surface area contributed by atoms with Crippen LogP contribution in [0.4, 0.5) is 0 Å². The van der Waals surface area contributed by atoms with Crippen molar-refractivity contribution in [3.8, 4) is 17.6 Å². The molecule has 0 spiro atoms. The molecule has 2 rings (SSSR count). The number of likely N-dealkylation sites (N-methyl/N-ethyl adjacent to an activating group) is 1. The lowest BCUT2D eigenvalue weighted by Gasteiger charge is -2.31. The first-order valence-electron chi connectivity index (χ1n) is 7.91. The molecular weight excluding hydrogens is 260 g/mol. The van der Waals surface area contributed by atoms with Crippen molar-refractivity contribution in [2.75, 3.05) is 26.7 Å². The van der Waals surface area contributed by atoms with Crippen molar-refractivity contribution in [1.82, 2.24) is 4.90 Å². The number of ether oxygens (including phenoxy) is 1. The van der Waals surface area contributed by atoms with Gasteiger partial charge in [-0.25, -0.2) is 0 Å². The molecule has 0 bridgehead atoms. The van der Waals surface area contributed by atoms with Crippen LogP contribution in [-0.4, -0.2) is 37.7 Å². The Morgan fingerprint density at radius 2 is 1.90 bits per heavy atom. The summed E-state index contributed by atoms with van der Waals surface area (Å²) in [7, 11) is 2.21. The fourth-order valence-corrected chi connectivity index (χ4v) is 2.80. The zero-order valence-corrected chi connectivity index (χ0v) is 13.0. The molecule has 1 saturated carbocycles. The topological polar surface area (TPSA) is 38.5 Å². The van der Waals surface area contributed by atoms with Gasteiger partial charge in [-0.1, -0.05) is 31.1 Å². The van der Waals surface area contributed by atoms with Crippen LogP contribution in [0.25, 0.3) is 0 Å². The van der Waals surface area contributed by atoms with Gasteiger partial charge in [-0.05, 0) is 44.2 Å². The lowest BCUT2D eigenvalue weighted by molar-refractivity contribution is 0.160. The Morgan fingerprint density at radius 1 is 1.19 bits per heavy atom. The van der Waals surface area contributed by atoms with Crippen molar-refractivity contribution in [2.24, 2.45) is 5.73 Å². The second-order valence-electron chi connectivity index (χ2n) is 5.65. The highest BCUT2D eigenvalue weighted by atomic mass is 16.5. The van der Waals surface area contributed by atoms with Crippen LogP contribution in [0.1, 0.15) is 37.7 Å². The minimum atomic E-state index is 0.395. The summed E-state index contributed by atoms with van der Waals surface area (Å²) in [4.78, 5) is 2.44. The van der Waals surface area contributed by atoms with E-state index in [1.165, 1.54) is 32.1 Å². The van der Waals surface area contributed by atoms with Crippen LogP contribution >= 0.6 is 0 Å². The predicted molar refractivity (Wildman–Crippen MR) is 87.4 cm³/mol. The Labute approximate surface area is 128 Å². The standard InChI is InChI=1S/C18H26N2O/c1-20(17-7-3-2-4-8-17)14-15-21-18-11-9-16(10-12-18)6-5-13-19/h9-12,17H,2-4,7-8,13-15,19H2,1H3. The summed E-state index contributed by atoms with van der Waals surface area (Å²) in [5.74, 6) is 6.77. The van der Waals surface area contributed by atoms with E-state index in [2.05, 4.69) is 23.8 Å². The Hall–Kier alpha value is -1.50. The molecule has 1 fully saturated rings. The van der Waals surface area contributed by atoms with Gasteiger partial charge in [0.25, 0.3) is 0 Å². The van der Waals surface area contributed by atoms with Crippen molar-refractivity contribution in [1.29, 1.82) is 0 Å². The molecule has 3 heteroatoms. The first-order valence-corrected chi connectivity index (χ1v) is 7.91. The summed E-state index contributed by atoms with van der Waals surface area (Å²) in [6.07, 6.45) is 6.83.